The monoisotopic (exact) mass is 363 g/mol. The van der Waals surface area contributed by atoms with Gasteiger partial charge >= 0.3 is 6.09 Å². The predicted molar refractivity (Wildman–Crippen MR) is 88.0 cm³/mol. The summed E-state index contributed by atoms with van der Waals surface area (Å²) in [5, 5.41) is 0. The average Bonchev–Trinajstić information content (AvgIpc) is 2.40. The van der Waals surface area contributed by atoms with Gasteiger partial charge in [-0.25, -0.2) is 13.2 Å². The Hall–Kier alpha value is -1.31. The normalized spacial score (nSPS) is 12.0. The Kier molecular flexibility index (Phi) is 6.85. The molecule has 1 amide bonds. The van der Waals surface area contributed by atoms with Crippen molar-refractivity contribution in [3.05, 3.63) is 29.8 Å². The number of methoxy groups -OCH3 is 1. The molecule has 0 unspecified atom stereocenters. The van der Waals surface area contributed by atoms with Gasteiger partial charge in [-0.3, -0.25) is 0 Å². The van der Waals surface area contributed by atoms with Crippen LogP contribution in [0.2, 0.25) is 0 Å². The molecule has 0 atom stereocenters. The topological polar surface area (TPSA) is 72.9 Å². The second-order valence-electron chi connectivity index (χ2n) is 5.98. The molecule has 1 aromatic carbocycles. The first-order valence-electron chi connectivity index (χ1n) is 7.03. The first-order valence-corrected chi connectivity index (χ1v) is 9.34. The minimum absolute atomic E-state index is 0.00690. The number of rotatable bonds is 6. The summed E-state index contributed by atoms with van der Waals surface area (Å²) in [5.41, 5.74) is 0.0117. The average molecular weight is 364 g/mol. The molecule has 6 nitrogen and oxygen atoms in total. The van der Waals surface area contributed by atoms with E-state index >= 15 is 0 Å². The third kappa shape index (κ3) is 7.20. The number of hydrogen-bond donors (Lipinski definition) is 0. The van der Waals surface area contributed by atoms with E-state index in [1.165, 1.54) is 24.1 Å². The van der Waals surface area contributed by atoms with Crippen LogP contribution in [0.4, 0.5) is 4.79 Å². The molecule has 0 spiro atoms. The highest BCUT2D eigenvalue weighted by atomic mass is 35.7. The van der Waals surface area contributed by atoms with E-state index < -0.39 is 20.7 Å². The van der Waals surface area contributed by atoms with Crippen molar-refractivity contribution >= 4 is 25.8 Å². The maximum atomic E-state index is 12.3. The van der Waals surface area contributed by atoms with Gasteiger partial charge in [-0.15, -0.1) is 0 Å². The quantitative estimate of drug-likeness (QED) is 0.726. The molecule has 0 aliphatic heterocycles. The molecule has 0 aliphatic carbocycles. The summed E-state index contributed by atoms with van der Waals surface area (Å²) in [5.74, 6) is 0. The predicted octanol–water partition coefficient (Wildman–Crippen LogP) is 3.00. The van der Waals surface area contributed by atoms with Gasteiger partial charge in [0.15, 0.2) is 0 Å². The number of halogens is 1. The highest BCUT2D eigenvalue weighted by Crippen LogP contribution is 2.18. The lowest BCUT2D eigenvalue weighted by atomic mass is 10.2. The van der Waals surface area contributed by atoms with Crippen molar-refractivity contribution in [3.8, 4) is 0 Å². The molecule has 1 aromatic rings. The summed E-state index contributed by atoms with van der Waals surface area (Å²) >= 11 is 0. The lowest BCUT2D eigenvalue weighted by Crippen LogP contribution is -2.38. The van der Waals surface area contributed by atoms with Crippen LogP contribution in [-0.2, 0) is 25.1 Å². The molecule has 0 N–H and O–H groups in total. The number of carbonyl (C=O) groups excluding carboxylic acids is 1. The molecule has 8 heteroatoms. The Bertz CT molecular complexity index is 640. The van der Waals surface area contributed by atoms with Gasteiger partial charge in [0.05, 0.1) is 11.5 Å². The van der Waals surface area contributed by atoms with E-state index in [4.69, 9.17) is 20.2 Å². The minimum atomic E-state index is -3.81. The zero-order valence-electron chi connectivity index (χ0n) is 13.7. The Morgan fingerprint density at radius 3 is 2.48 bits per heavy atom. The van der Waals surface area contributed by atoms with Gasteiger partial charge in [-0.05, 0) is 38.5 Å². The zero-order valence-corrected chi connectivity index (χ0v) is 15.3. The minimum Gasteiger partial charge on any atom is -0.444 e. The van der Waals surface area contributed by atoms with Gasteiger partial charge in [0.25, 0.3) is 9.05 Å². The van der Waals surface area contributed by atoms with Crippen LogP contribution in [0.25, 0.3) is 0 Å². The lowest BCUT2D eigenvalue weighted by Gasteiger charge is -2.27. The smallest absolute Gasteiger partial charge is 0.410 e. The standard InChI is InChI=1S/C15H22ClNO5S/c1-15(2,3)22-14(18)17(8-9-21-4)11-12-6-5-7-13(10-12)23(16,19)20/h5-7,10H,8-9,11H2,1-4H3. The fourth-order valence-electron chi connectivity index (χ4n) is 1.78. The van der Waals surface area contributed by atoms with Crippen molar-refractivity contribution in [2.45, 2.75) is 37.8 Å². The molecule has 0 heterocycles. The summed E-state index contributed by atoms with van der Waals surface area (Å²) in [7, 11) is 3.07. The van der Waals surface area contributed by atoms with Crippen molar-refractivity contribution in [1.29, 1.82) is 0 Å². The molecular formula is C15H22ClNO5S. The number of amides is 1. The summed E-state index contributed by atoms with van der Waals surface area (Å²) in [6, 6.07) is 6.13. The second kappa shape index (κ2) is 7.99. The number of ether oxygens (including phenoxy) is 2. The van der Waals surface area contributed by atoms with E-state index in [9.17, 15) is 13.2 Å². The molecule has 23 heavy (non-hydrogen) atoms. The molecule has 0 aromatic heterocycles. The Labute approximate surface area is 141 Å². The fourth-order valence-corrected chi connectivity index (χ4v) is 2.60. The largest absolute Gasteiger partial charge is 0.444 e. The Balaban J connectivity index is 2.95. The highest BCUT2D eigenvalue weighted by Gasteiger charge is 2.22. The summed E-state index contributed by atoms with van der Waals surface area (Å²) in [4.78, 5) is 13.7. The van der Waals surface area contributed by atoms with Crippen molar-refractivity contribution in [1.82, 2.24) is 4.90 Å². The first kappa shape index (κ1) is 19.7. The zero-order chi connectivity index (χ0) is 17.7. The molecule has 0 saturated carbocycles. The van der Waals surface area contributed by atoms with Crippen molar-refractivity contribution in [2.24, 2.45) is 0 Å². The highest BCUT2D eigenvalue weighted by molar-refractivity contribution is 8.13. The first-order chi connectivity index (χ1) is 10.5. The van der Waals surface area contributed by atoms with Crippen LogP contribution in [0.5, 0.6) is 0 Å². The Morgan fingerprint density at radius 2 is 1.96 bits per heavy atom. The van der Waals surface area contributed by atoms with Crippen LogP contribution < -0.4 is 0 Å². The molecule has 0 bridgehead atoms. The molecule has 0 radical (unpaired) electrons. The number of nitrogens with zero attached hydrogens (tertiary/aromatic N) is 1. The summed E-state index contributed by atoms with van der Waals surface area (Å²) < 4.78 is 33.2. The van der Waals surface area contributed by atoms with Crippen molar-refractivity contribution < 1.29 is 22.7 Å². The van der Waals surface area contributed by atoms with Crippen molar-refractivity contribution in [2.75, 3.05) is 20.3 Å². The van der Waals surface area contributed by atoms with Crippen LogP contribution >= 0.6 is 10.7 Å². The maximum absolute atomic E-state index is 12.3. The molecule has 0 aliphatic rings. The third-order valence-corrected chi connectivity index (χ3v) is 4.12. The molecule has 130 valence electrons. The van der Waals surface area contributed by atoms with Gasteiger partial charge in [-0.1, -0.05) is 12.1 Å². The lowest BCUT2D eigenvalue weighted by molar-refractivity contribution is 0.0184. The Morgan fingerprint density at radius 1 is 1.30 bits per heavy atom. The number of hydrogen-bond acceptors (Lipinski definition) is 5. The fraction of sp³-hybridized carbons (Fsp3) is 0.533. The molecule has 1 rings (SSSR count). The third-order valence-electron chi connectivity index (χ3n) is 2.77. The second-order valence-corrected chi connectivity index (χ2v) is 8.55. The van der Waals surface area contributed by atoms with E-state index in [-0.39, 0.29) is 11.4 Å². The SMILES string of the molecule is COCCN(Cc1cccc(S(=O)(=O)Cl)c1)C(=O)OC(C)(C)C. The van der Waals surface area contributed by atoms with Crippen LogP contribution in [-0.4, -0.2) is 45.3 Å². The van der Waals surface area contributed by atoms with Gasteiger partial charge < -0.3 is 14.4 Å². The van der Waals surface area contributed by atoms with Gasteiger partial charge in [0, 0.05) is 30.9 Å². The van der Waals surface area contributed by atoms with Gasteiger partial charge in [0.2, 0.25) is 0 Å². The van der Waals surface area contributed by atoms with Crippen LogP contribution in [0.1, 0.15) is 26.3 Å². The number of benzene rings is 1. The summed E-state index contributed by atoms with van der Waals surface area (Å²) in [6.07, 6.45) is -0.492. The van der Waals surface area contributed by atoms with Crippen LogP contribution in [0, 0.1) is 0 Å². The van der Waals surface area contributed by atoms with E-state index in [1.54, 1.807) is 32.9 Å². The molecule has 0 fully saturated rings. The number of carbonyl (C=O) groups is 1. The van der Waals surface area contributed by atoms with Gasteiger partial charge in [0.1, 0.15) is 5.60 Å². The van der Waals surface area contributed by atoms with E-state index in [2.05, 4.69) is 0 Å². The maximum Gasteiger partial charge on any atom is 0.410 e. The van der Waals surface area contributed by atoms with Crippen LogP contribution in [0.3, 0.4) is 0 Å². The molecular weight excluding hydrogens is 342 g/mol. The van der Waals surface area contributed by atoms with Crippen molar-refractivity contribution in [3.63, 3.8) is 0 Å². The van der Waals surface area contributed by atoms with E-state index in [1.807, 2.05) is 0 Å². The van der Waals surface area contributed by atoms with Crippen LogP contribution in [0.15, 0.2) is 29.2 Å². The van der Waals surface area contributed by atoms with E-state index in [0.29, 0.717) is 18.7 Å². The van der Waals surface area contributed by atoms with E-state index in [0.717, 1.165) is 0 Å². The summed E-state index contributed by atoms with van der Waals surface area (Å²) in [6.45, 7) is 6.19. The molecule has 0 saturated heterocycles. The van der Waals surface area contributed by atoms with Gasteiger partial charge in [-0.2, -0.15) is 0 Å².